The van der Waals surface area contributed by atoms with E-state index in [1.54, 1.807) is 39.2 Å². The lowest BCUT2D eigenvalue weighted by atomic mass is 9.91. The van der Waals surface area contributed by atoms with Gasteiger partial charge in [-0.15, -0.1) is 0 Å². The van der Waals surface area contributed by atoms with Crippen molar-refractivity contribution in [2.75, 3.05) is 32.5 Å². The van der Waals surface area contributed by atoms with Crippen molar-refractivity contribution < 1.29 is 14.4 Å². The van der Waals surface area contributed by atoms with Gasteiger partial charge >= 0.3 is 6.03 Å². The number of hydrogen-bond donors (Lipinski definition) is 2. The van der Waals surface area contributed by atoms with Gasteiger partial charge in [0.1, 0.15) is 6.04 Å². The second kappa shape index (κ2) is 9.41. The number of halogens is 1. The van der Waals surface area contributed by atoms with Crippen molar-refractivity contribution in [3.8, 4) is 0 Å². The monoisotopic (exact) mass is 452 g/mol. The van der Waals surface area contributed by atoms with Crippen LogP contribution in [-0.2, 0) is 4.79 Å². The molecule has 7 nitrogen and oxygen atoms in total. The first kappa shape index (κ1) is 22.2. The van der Waals surface area contributed by atoms with Crippen molar-refractivity contribution in [3.05, 3.63) is 28.2 Å². The zero-order chi connectivity index (χ0) is 21.0. The second-order valence-corrected chi connectivity index (χ2v) is 8.81. The third-order valence-corrected chi connectivity index (χ3v) is 5.27. The first-order valence-electron chi connectivity index (χ1n) is 9.46. The number of rotatable bonds is 4. The summed E-state index contributed by atoms with van der Waals surface area (Å²) < 4.78 is 0.760. The number of piperidine rings is 1. The molecule has 0 aliphatic carbocycles. The summed E-state index contributed by atoms with van der Waals surface area (Å²) in [6.07, 6.45) is 1.10. The van der Waals surface area contributed by atoms with Crippen molar-refractivity contribution in [2.45, 2.75) is 33.2 Å². The summed E-state index contributed by atoms with van der Waals surface area (Å²) in [6, 6.07) is 3.97. The van der Waals surface area contributed by atoms with Crippen molar-refractivity contribution in [1.82, 2.24) is 15.1 Å². The highest BCUT2D eigenvalue weighted by molar-refractivity contribution is 9.10. The van der Waals surface area contributed by atoms with E-state index in [0.29, 0.717) is 36.2 Å². The lowest BCUT2D eigenvalue weighted by Gasteiger charge is -2.35. The fraction of sp³-hybridized carbons (Fsp3) is 0.550. The molecule has 28 heavy (non-hydrogen) atoms. The molecule has 2 rings (SSSR count). The van der Waals surface area contributed by atoms with E-state index in [-0.39, 0.29) is 11.8 Å². The Kier molecular flexibility index (Phi) is 7.46. The Labute approximate surface area is 175 Å². The van der Waals surface area contributed by atoms with Crippen molar-refractivity contribution >= 4 is 39.5 Å². The molecule has 8 heteroatoms. The number of nitrogens with one attached hydrogen (secondary N) is 2. The molecule has 1 fully saturated rings. The van der Waals surface area contributed by atoms with E-state index < -0.39 is 12.1 Å². The van der Waals surface area contributed by atoms with Crippen molar-refractivity contribution in [3.63, 3.8) is 0 Å². The molecule has 0 saturated carbocycles. The van der Waals surface area contributed by atoms with Gasteiger partial charge in [0.05, 0.1) is 11.3 Å². The van der Waals surface area contributed by atoms with E-state index in [0.717, 1.165) is 10.9 Å². The smallest absolute Gasteiger partial charge is 0.319 e. The van der Waals surface area contributed by atoms with Gasteiger partial charge in [0.25, 0.3) is 5.91 Å². The maximum Gasteiger partial charge on any atom is 0.319 e. The summed E-state index contributed by atoms with van der Waals surface area (Å²) in [5.41, 5.74) is 0.846. The Morgan fingerprint density at radius 3 is 2.36 bits per heavy atom. The molecule has 2 N–H and O–H groups in total. The second-order valence-electron chi connectivity index (χ2n) is 7.90. The normalized spacial score (nSPS) is 20.3. The van der Waals surface area contributed by atoms with Gasteiger partial charge in [0.15, 0.2) is 0 Å². The summed E-state index contributed by atoms with van der Waals surface area (Å²) in [5.74, 6) is 0.570. The first-order valence-corrected chi connectivity index (χ1v) is 10.2. The Morgan fingerprint density at radius 1 is 1.18 bits per heavy atom. The summed E-state index contributed by atoms with van der Waals surface area (Å²) in [4.78, 5) is 40.7. The van der Waals surface area contributed by atoms with Gasteiger partial charge in [-0.05, 0) is 43.4 Å². The topological polar surface area (TPSA) is 81.8 Å². The van der Waals surface area contributed by atoms with E-state index in [1.165, 1.54) is 4.90 Å². The van der Waals surface area contributed by atoms with E-state index in [9.17, 15) is 14.4 Å². The molecule has 154 valence electrons. The molecule has 4 amide bonds. The van der Waals surface area contributed by atoms with E-state index >= 15 is 0 Å². The maximum absolute atomic E-state index is 13.1. The van der Waals surface area contributed by atoms with Crippen LogP contribution in [0.15, 0.2) is 22.7 Å². The fourth-order valence-corrected chi connectivity index (χ4v) is 3.97. The highest BCUT2D eigenvalue weighted by Crippen LogP contribution is 2.27. The zero-order valence-electron chi connectivity index (χ0n) is 17.1. The van der Waals surface area contributed by atoms with Crippen LogP contribution in [0.1, 0.15) is 37.6 Å². The lowest BCUT2D eigenvalue weighted by molar-refractivity contribution is -0.130. The average Bonchev–Trinajstić information content (AvgIpc) is 2.60. The molecule has 1 aliphatic heterocycles. The molecule has 1 saturated heterocycles. The fourth-order valence-electron chi connectivity index (χ4n) is 3.61. The molecule has 3 atom stereocenters. The minimum absolute atomic E-state index is 0.104. The molecule has 0 aromatic heterocycles. The van der Waals surface area contributed by atoms with Crippen LogP contribution in [0.3, 0.4) is 0 Å². The van der Waals surface area contributed by atoms with Gasteiger partial charge in [-0.25, -0.2) is 4.79 Å². The zero-order valence-corrected chi connectivity index (χ0v) is 18.7. The molecule has 1 aromatic carbocycles. The Bertz CT molecular complexity index is 743. The van der Waals surface area contributed by atoms with Crippen molar-refractivity contribution in [2.24, 2.45) is 11.8 Å². The molecule has 0 unspecified atom stereocenters. The van der Waals surface area contributed by atoms with Crippen LogP contribution in [0.5, 0.6) is 0 Å². The minimum Gasteiger partial charge on any atom is -0.347 e. The SMILES string of the molecule is C[C@@H]1C[C@H](C)CN(C(=O)c2cc(Br)ccc2NC(=O)N[C@@H](C)C(=O)N(C)C)C1. The Hall–Kier alpha value is -2.09. The molecule has 0 bridgehead atoms. The maximum atomic E-state index is 13.1. The Balaban J connectivity index is 2.16. The molecule has 1 heterocycles. The van der Waals surface area contributed by atoms with Gasteiger partial charge in [-0.3, -0.25) is 9.59 Å². The third-order valence-electron chi connectivity index (χ3n) is 4.78. The van der Waals surface area contributed by atoms with E-state index in [2.05, 4.69) is 40.4 Å². The Morgan fingerprint density at radius 2 is 1.79 bits per heavy atom. The molecular formula is C20H29BrN4O3. The molecule has 1 aliphatic rings. The largest absolute Gasteiger partial charge is 0.347 e. The van der Waals surface area contributed by atoms with Crippen LogP contribution in [0, 0.1) is 11.8 Å². The summed E-state index contributed by atoms with van der Waals surface area (Å²) in [5, 5.41) is 5.32. The number of anilines is 1. The van der Waals surface area contributed by atoms with Gasteiger partial charge in [0.2, 0.25) is 5.91 Å². The van der Waals surface area contributed by atoms with E-state index in [1.807, 2.05) is 4.90 Å². The molecular weight excluding hydrogens is 424 g/mol. The van der Waals surface area contributed by atoms with E-state index in [4.69, 9.17) is 0 Å². The number of likely N-dealkylation sites (N-methyl/N-ethyl adjacent to an activating group) is 1. The van der Waals surface area contributed by atoms with Gasteiger partial charge in [-0.2, -0.15) is 0 Å². The number of urea groups is 1. The number of nitrogens with zero attached hydrogens (tertiary/aromatic N) is 2. The number of hydrogen-bond acceptors (Lipinski definition) is 3. The quantitative estimate of drug-likeness (QED) is 0.735. The summed E-state index contributed by atoms with van der Waals surface area (Å²) >= 11 is 3.40. The first-order chi connectivity index (χ1) is 13.1. The van der Waals surface area contributed by atoms with Crippen molar-refractivity contribution in [1.29, 1.82) is 0 Å². The number of carbonyl (C=O) groups excluding carboxylic acids is 3. The number of amides is 4. The highest BCUT2D eigenvalue weighted by Gasteiger charge is 2.28. The number of carbonyl (C=O) groups is 3. The third kappa shape index (κ3) is 5.70. The highest BCUT2D eigenvalue weighted by atomic mass is 79.9. The van der Waals surface area contributed by atoms with Gasteiger partial charge in [-0.1, -0.05) is 29.8 Å². The molecule has 1 aromatic rings. The number of benzene rings is 1. The molecule has 0 spiro atoms. The van der Waals surface area contributed by atoms with Crippen LogP contribution in [0.25, 0.3) is 0 Å². The average molecular weight is 453 g/mol. The molecule has 0 radical (unpaired) electrons. The predicted molar refractivity (Wildman–Crippen MR) is 113 cm³/mol. The predicted octanol–water partition coefficient (Wildman–Crippen LogP) is 3.17. The summed E-state index contributed by atoms with van der Waals surface area (Å²) in [6.45, 7) is 7.32. The van der Waals surface area contributed by atoms with Crippen LogP contribution >= 0.6 is 15.9 Å². The van der Waals surface area contributed by atoms with Gasteiger partial charge in [0, 0.05) is 31.7 Å². The van der Waals surface area contributed by atoms with Crippen LogP contribution in [-0.4, -0.2) is 60.9 Å². The van der Waals surface area contributed by atoms with Crippen LogP contribution < -0.4 is 10.6 Å². The van der Waals surface area contributed by atoms with Crippen LogP contribution in [0.4, 0.5) is 10.5 Å². The lowest BCUT2D eigenvalue weighted by Crippen LogP contribution is -2.46. The van der Waals surface area contributed by atoms with Gasteiger partial charge < -0.3 is 20.4 Å². The standard InChI is InChI=1S/C20H29BrN4O3/c1-12-8-13(2)11-25(10-12)19(27)16-9-15(21)6-7-17(16)23-20(28)22-14(3)18(26)24(4)5/h6-7,9,12-14H,8,10-11H2,1-5H3,(H2,22,23,28)/t12-,13+,14-/m0/s1. The summed E-state index contributed by atoms with van der Waals surface area (Å²) in [7, 11) is 3.26. The number of likely N-dealkylation sites (tertiary alicyclic amines) is 1. The minimum atomic E-state index is -0.673. The van der Waals surface area contributed by atoms with Crippen LogP contribution in [0.2, 0.25) is 0 Å².